The van der Waals surface area contributed by atoms with Crippen LogP contribution in [0.15, 0.2) is 54.6 Å². The van der Waals surface area contributed by atoms with E-state index in [2.05, 4.69) is 10.6 Å². The van der Waals surface area contributed by atoms with Crippen molar-refractivity contribution in [1.29, 1.82) is 10.7 Å². The Hall–Kier alpha value is -4.16. The highest BCUT2D eigenvalue weighted by Crippen LogP contribution is 2.24. The Kier molecular flexibility index (Phi) is 5.87. The number of nitrogens with one attached hydrogen (secondary N) is 3. The number of hydrogen-bond donors (Lipinski definition) is 3. The normalized spacial score (nSPS) is 12.8. The molecule has 1 aliphatic rings. The first-order valence-electron chi connectivity index (χ1n) is 9.77. The number of carbonyl (C=O) groups excluding carboxylic acids is 2. The number of carbonyl (C=O) groups is 2. The molecule has 0 unspecified atom stereocenters. The number of aryl methyl sites for hydroxylation is 1. The van der Waals surface area contributed by atoms with Crippen molar-refractivity contribution in [3.05, 3.63) is 75.5 Å². The maximum absolute atomic E-state index is 12.9. The van der Waals surface area contributed by atoms with Crippen LogP contribution in [0.1, 0.15) is 30.5 Å². The molecule has 0 saturated carbocycles. The van der Waals surface area contributed by atoms with E-state index in [-0.39, 0.29) is 23.2 Å². The number of anilines is 3. The van der Waals surface area contributed by atoms with Crippen LogP contribution in [0.4, 0.5) is 17.1 Å². The lowest BCUT2D eigenvalue weighted by Crippen LogP contribution is -2.23. The van der Waals surface area contributed by atoms with Gasteiger partial charge in [-0.05, 0) is 61.5 Å². The zero-order valence-electron chi connectivity index (χ0n) is 17.1. The molecule has 0 aliphatic carbocycles. The van der Waals surface area contributed by atoms with Crippen molar-refractivity contribution >= 4 is 46.2 Å². The fraction of sp³-hybridized carbons (Fsp3) is 0.130. The van der Waals surface area contributed by atoms with Crippen LogP contribution in [0.5, 0.6) is 0 Å². The van der Waals surface area contributed by atoms with Gasteiger partial charge >= 0.3 is 0 Å². The number of rotatable bonds is 5. The number of amides is 2. The summed E-state index contributed by atoms with van der Waals surface area (Å²) < 4.78 is 5.15. The quantitative estimate of drug-likeness (QED) is 0.544. The molecule has 1 aliphatic heterocycles. The number of ether oxygens (including phenoxy) is 1. The minimum absolute atomic E-state index is 0.0979. The Morgan fingerprint density at radius 2 is 1.88 bits per heavy atom. The van der Waals surface area contributed by atoms with Gasteiger partial charge in [0.15, 0.2) is 0 Å². The summed E-state index contributed by atoms with van der Waals surface area (Å²) in [6, 6.07) is 17.3. The molecule has 3 N–H and O–H groups in total. The van der Waals surface area contributed by atoms with E-state index in [0.717, 1.165) is 10.6 Å². The van der Waals surface area contributed by atoms with Crippen molar-refractivity contribution in [2.75, 3.05) is 28.7 Å². The molecule has 1 aromatic heterocycles. The number of amidine groups is 1. The van der Waals surface area contributed by atoms with E-state index in [1.807, 2.05) is 19.1 Å². The van der Waals surface area contributed by atoms with Crippen LogP contribution < -0.4 is 15.5 Å². The number of hydrogen-bond acceptors (Lipinski definition) is 6. The highest BCUT2D eigenvalue weighted by molar-refractivity contribution is 7.14. The summed E-state index contributed by atoms with van der Waals surface area (Å²) in [6.07, 6.45) is 0. The van der Waals surface area contributed by atoms with Gasteiger partial charge in [-0.15, -0.1) is 11.3 Å². The zero-order chi connectivity index (χ0) is 22.7. The zero-order valence-corrected chi connectivity index (χ0v) is 18.0. The lowest BCUT2D eigenvalue weighted by Gasteiger charge is -2.15. The van der Waals surface area contributed by atoms with E-state index in [1.54, 1.807) is 35.2 Å². The van der Waals surface area contributed by atoms with Crippen LogP contribution in [0.25, 0.3) is 0 Å². The molecule has 2 amide bonds. The van der Waals surface area contributed by atoms with Crippen LogP contribution in [0, 0.1) is 23.7 Å². The van der Waals surface area contributed by atoms with Crippen molar-refractivity contribution in [2.45, 2.75) is 6.92 Å². The molecule has 160 valence electrons. The smallest absolute Gasteiger partial charge is 0.289 e. The summed E-state index contributed by atoms with van der Waals surface area (Å²) >= 11 is 1.35. The third-order valence-corrected chi connectivity index (χ3v) is 5.84. The molecule has 32 heavy (non-hydrogen) atoms. The van der Waals surface area contributed by atoms with Crippen molar-refractivity contribution < 1.29 is 14.3 Å². The number of benzene rings is 2. The lowest BCUT2D eigenvalue weighted by atomic mass is 10.1. The molecule has 0 bridgehead atoms. The lowest BCUT2D eigenvalue weighted by molar-refractivity contribution is 0.102. The van der Waals surface area contributed by atoms with E-state index < -0.39 is 5.91 Å². The van der Waals surface area contributed by atoms with E-state index in [9.17, 15) is 14.9 Å². The molecule has 2 aromatic carbocycles. The van der Waals surface area contributed by atoms with Gasteiger partial charge in [0.25, 0.3) is 17.8 Å². The molecule has 4 rings (SSSR count). The second-order valence-electron chi connectivity index (χ2n) is 7.04. The minimum atomic E-state index is -0.419. The first-order valence-corrected chi connectivity index (χ1v) is 10.6. The van der Waals surface area contributed by atoms with Crippen molar-refractivity contribution in [3.8, 4) is 6.07 Å². The van der Waals surface area contributed by atoms with E-state index in [0.29, 0.717) is 29.3 Å². The van der Waals surface area contributed by atoms with Gasteiger partial charge in [0, 0.05) is 16.3 Å². The van der Waals surface area contributed by atoms with Crippen LogP contribution in [0.3, 0.4) is 0 Å². The van der Waals surface area contributed by atoms with Crippen LogP contribution >= 0.6 is 11.3 Å². The van der Waals surface area contributed by atoms with Crippen LogP contribution in [-0.4, -0.2) is 31.0 Å². The maximum atomic E-state index is 12.9. The average Bonchev–Trinajstić information content (AvgIpc) is 3.42. The van der Waals surface area contributed by atoms with Gasteiger partial charge in [0.2, 0.25) is 0 Å². The first-order chi connectivity index (χ1) is 15.4. The second-order valence-corrected chi connectivity index (χ2v) is 8.33. The van der Waals surface area contributed by atoms with Gasteiger partial charge in [0.1, 0.15) is 6.61 Å². The standard InChI is InChI=1S/C23H19N5O3S/c1-14-2-9-20(32-14)22(30)27-19-12-15(13-24)3-8-18(19)21(29)26-16-4-6-17(7-5-16)28-10-11-31-23(28)25/h2-9,12,25H,10-11H2,1H3,(H,26,29)(H,27,30). The van der Waals surface area contributed by atoms with Crippen LogP contribution in [-0.2, 0) is 4.74 Å². The van der Waals surface area contributed by atoms with E-state index >= 15 is 0 Å². The summed E-state index contributed by atoms with van der Waals surface area (Å²) in [6.45, 7) is 2.97. The third kappa shape index (κ3) is 4.45. The topological polar surface area (TPSA) is 118 Å². The van der Waals surface area contributed by atoms with Gasteiger partial charge < -0.3 is 15.4 Å². The van der Waals surface area contributed by atoms with Gasteiger partial charge in [-0.1, -0.05) is 0 Å². The van der Waals surface area contributed by atoms with E-state index in [4.69, 9.17) is 10.1 Å². The van der Waals surface area contributed by atoms with Gasteiger partial charge in [-0.3, -0.25) is 19.9 Å². The molecule has 0 spiro atoms. The van der Waals surface area contributed by atoms with Gasteiger partial charge in [0.05, 0.1) is 34.3 Å². The fourth-order valence-corrected chi connectivity index (χ4v) is 4.00. The molecule has 8 nitrogen and oxygen atoms in total. The largest absolute Gasteiger partial charge is 0.463 e. The highest BCUT2D eigenvalue weighted by Gasteiger charge is 2.20. The Morgan fingerprint density at radius 3 is 2.50 bits per heavy atom. The SMILES string of the molecule is Cc1ccc(C(=O)Nc2cc(C#N)ccc2C(=O)Nc2ccc(N3CCOC3=N)cc2)s1. The maximum Gasteiger partial charge on any atom is 0.289 e. The molecule has 2 heterocycles. The Bertz CT molecular complexity index is 1240. The Balaban J connectivity index is 1.53. The molecule has 0 atom stereocenters. The molecule has 9 heteroatoms. The van der Waals surface area contributed by atoms with Gasteiger partial charge in [-0.2, -0.15) is 5.26 Å². The second kappa shape index (κ2) is 8.91. The average molecular weight is 446 g/mol. The number of nitriles is 1. The molecule has 0 radical (unpaired) electrons. The summed E-state index contributed by atoms with van der Waals surface area (Å²) in [4.78, 5) is 28.8. The minimum Gasteiger partial charge on any atom is -0.463 e. The molecule has 1 saturated heterocycles. The van der Waals surface area contributed by atoms with Crippen LogP contribution in [0.2, 0.25) is 0 Å². The molecular formula is C23H19N5O3S. The summed E-state index contributed by atoms with van der Waals surface area (Å²) in [7, 11) is 0. The monoisotopic (exact) mass is 445 g/mol. The Morgan fingerprint density at radius 1 is 1.09 bits per heavy atom. The summed E-state index contributed by atoms with van der Waals surface area (Å²) in [5, 5.41) is 22.6. The Labute approximate surface area is 188 Å². The molecular weight excluding hydrogens is 426 g/mol. The fourth-order valence-electron chi connectivity index (χ4n) is 3.24. The van der Waals surface area contributed by atoms with Crippen molar-refractivity contribution in [1.82, 2.24) is 0 Å². The summed E-state index contributed by atoms with van der Waals surface area (Å²) in [5.41, 5.74) is 2.18. The van der Waals surface area contributed by atoms with Crippen molar-refractivity contribution in [3.63, 3.8) is 0 Å². The molecule has 3 aromatic rings. The molecule has 1 fully saturated rings. The highest BCUT2D eigenvalue weighted by atomic mass is 32.1. The third-order valence-electron chi connectivity index (χ3n) is 4.84. The number of nitrogens with zero attached hydrogens (tertiary/aromatic N) is 2. The van der Waals surface area contributed by atoms with E-state index in [1.165, 1.54) is 29.5 Å². The first kappa shape index (κ1) is 21.1. The number of thiophene rings is 1. The van der Waals surface area contributed by atoms with Crippen molar-refractivity contribution in [2.24, 2.45) is 0 Å². The predicted molar refractivity (Wildman–Crippen MR) is 124 cm³/mol. The van der Waals surface area contributed by atoms with Gasteiger partial charge in [-0.25, -0.2) is 0 Å². The predicted octanol–water partition coefficient (Wildman–Crippen LogP) is 4.20. The summed E-state index contributed by atoms with van der Waals surface area (Å²) in [5.74, 6) is -0.760.